The van der Waals surface area contributed by atoms with Gasteiger partial charge in [0.05, 0.1) is 11.9 Å². The second-order valence-corrected chi connectivity index (χ2v) is 5.95. The molecule has 16 heavy (non-hydrogen) atoms. The van der Waals surface area contributed by atoms with Gasteiger partial charge in [-0.15, -0.1) is 0 Å². The second kappa shape index (κ2) is 4.74. The van der Waals surface area contributed by atoms with E-state index in [0.717, 1.165) is 17.5 Å². The van der Waals surface area contributed by atoms with E-state index in [1.807, 2.05) is 32.9 Å². The molecule has 0 heterocycles. The predicted molar refractivity (Wildman–Crippen MR) is 68.4 cm³/mol. The maximum atomic E-state index is 11.2. The smallest absolute Gasteiger partial charge is 0.229 e. The summed E-state index contributed by atoms with van der Waals surface area (Å²) in [6, 6.07) is 5.94. The van der Waals surface area contributed by atoms with Gasteiger partial charge >= 0.3 is 0 Å². The Labute approximate surface area is 97.1 Å². The van der Waals surface area contributed by atoms with Gasteiger partial charge in [0.2, 0.25) is 10.0 Å². The van der Waals surface area contributed by atoms with Crippen molar-refractivity contribution < 1.29 is 8.42 Å². The lowest BCUT2D eigenvalue weighted by molar-refractivity contribution is 0.607. The largest absolute Gasteiger partial charge is 0.383 e. The molecule has 90 valence electrons. The van der Waals surface area contributed by atoms with Crippen molar-refractivity contribution in [3.05, 3.63) is 23.8 Å². The molecule has 0 saturated heterocycles. The number of hydrogen-bond donors (Lipinski definition) is 2. The van der Waals surface area contributed by atoms with Gasteiger partial charge in [-0.1, -0.05) is 6.07 Å². The average Bonchev–Trinajstić information content (AvgIpc) is 2.07. The summed E-state index contributed by atoms with van der Waals surface area (Å²) >= 11 is 0. The Hall–Kier alpha value is -1.23. The van der Waals surface area contributed by atoms with Crippen molar-refractivity contribution in [1.82, 2.24) is 0 Å². The maximum absolute atomic E-state index is 11.2. The molecule has 0 aliphatic carbocycles. The van der Waals surface area contributed by atoms with E-state index in [0.29, 0.717) is 11.7 Å². The molecule has 1 rings (SSSR count). The van der Waals surface area contributed by atoms with E-state index >= 15 is 0 Å². The van der Waals surface area contributed by atoms with Gasteiger partial charge < -0.3 is 5.32 Å². The van der Waals surface area contributed by atoms with Crippen LogP contribution in [0.2, 0.25) is 0 Å². The predicted octanol–water partition coefficient (Wildman–Crippen LogP) is 2.19. The molecular weight excluding hydrogens is 224 g/mol. The molecule has 0 fully saturated rings. The van der Waals surface area contributed by atoms with E-state index in [-0.39, 0.29) is 0 Å². The molecule has 0 aromatic heterocycles. The Morgan fingerprint density at radius 1 is 1.25 bits per heavy atom. The molecule has 0 amide bonds. The van der Waals surface area contributed by atoms with Crippen LogP contribution in [0.5, 0.6) is 0 Å². The van der Waals surface area contributed by atoms with Crippen LogP contribution in [0, 0.1) is 6.92 Å². The zero-order valence-corrected chi connectivity index (χ0v) is 10.9. The minimum Gasteiger partial charge on any atom is -0.383 e. The monoisotopic (exact) mass is 242 g/mol. The van der Waals surface area contributed by atoms with Gasteiger partial charge in [0.25, 0.3) is 0 Å². The zero-order valence-electron chi connectivity index (χ0n) is 10.0. The van der Waals surface area contributed by atoms with E-state index < -0.39 is 10.0 Å². The van der Waals surface area contributed by atoms with Crippen LogP contribution in [0.25, 0.3) is 0 Å². The highest BCUT2D eigenvalue weighted by molar-refractivity contribution is 7.92. The highest BCUT2D eigenvalue weighted by Crippen LogP contribution is 2.21. The summed E-state index contributed by atoms with van der Waals surface area (Å²) in [6.07, 6.45) is 1.15. The minimum atomic E-state index is -3.22. The first kappa shape index (κ1) is 12.8. The molecule has 5 heteroatoms. The van der Waals surface area contributed by atoms with Gasteiger partial charge in [-0.3, -0.25) is 4.72 Å². The Morgan fingerprint density at radius 2 is 1.88 bits per heavy atom. The molecule has 0 atom stereocenters. The topological polar surface area (TPSA) is 58.2 Å². The Bertz CT molecular complexity index is 467. The molecule has 1 aromatic carbocycles. The molecule has 2 N–H and O–H groups in total. The third-order valence-electron chi connectivity index (χ3n) is 1.99. The lowest BCUT2D eigenvalue weighted by atomic mass is 10.2. The highest BCUT2D eigenvalue weighted by atomic mass is 32.2. The molecule has 4 nitrogen and oxygen atoms in total. The number of hydrogen-bond acceptors (Lipinski definition) is 3. The normalized spacial score (nSPS) is 11.6. The van der Waals surface area contributed by atoms with Crippen molar-refractivity contribution in [2.75, 3.05) is 16.3 Å². The molecule has 0 unspecified atom stereocenters. The quantitative estimate of drug-likeness (QED) is 0.851. The van der Waals surface area contributed by atoms with Crippen molar-refractivity contribution in [3.63, 3.8) is 0 Å². The lowest BCUT2D eigenvalue weighted by Crippen LogP contribution is -2.13. The summed E-state index contributed by atoms with van der Waals surface area (Å²) in [5.74, 6) is 0. The second-order valence-electron chi connectivity index (χ2n) is 4.20. The van der Waals surface area contributed by atoms with Gasteiger partial charge in [0.15, 0.2) is 0 Å². The fourth-order valence-corrected chi connectivity index (χ4v) is 1.97. The molecule has 0 aliphatic rings. The summed E-state index contributed by atoms with van der Waals surface area (Å²) < 4.78 is 24.8. The van der Waals surface area contributed by atoms with Crippen LogP contribution in [0.15, 0.2) is 18.2 Å². The third-order valence-corrected chi connectivity index (χ3v) is 2.58. The van der Waals surface area contributed by atoms with Crippen LogP contribution >= 0.6 is 0 Å². The average molecular weight is 242 g/mol. The van der Waals surface area contributed by atoms with Crippen molar-refractivity contribution in [1.29, 1.82) is 0 Å². The molecule has 0 saturated carbocycles. The van der Waals surface area contributed by atoms with Gasteiger partial charge in [0, 0.05) is 11.7 Å². The van der Waals surface area contributed by atoms with Crippen LogP contribution in [0.3, 0.4) is 0 Å². The number of aryl methyl sites for hydroxylation is 1. The van der Waals surface area contributed by atoms with Gasteiger partial charge in [0.1, 0.15) is 0 Å². The summed E-state index contributed by atoms with van der Waals surface area (Å²) in [6.45, 7) is 5.93. The number of nitrogens with one attached hydrogen (secondary N) is 2. The molecule has 0 aliphatic heterocycles. The third kappa shape index (κ3) is 4.10. The summed E-state index contributed by atoms with van der Waals surface area (Å²) in [4.78, 5) is 0. The lowest BCUT2D eigenvalue weighted by Gasteiger charge is -2.13. The highest BCUT2D eigenvalue weighted by Gasteiger charge is 2.06. The number of benzene rings is 1. The minimum absolute atomic E-state index is 0.314. The summed E-state index contributed by atoms with van der Waals surface area (Å²) in [5, 5.41) is 3.22. The fraction of sp³-hybridized carbons (Fsp3) is 0.455. The van der Waals surface area contributed by atoms with Crippen molar-refractivity contribution in [2.24, 2.45) is 0 Å². The summed E-state index contributed by atoms with van der Waals surface area (Å²) in [5.41, 5.74) is 2.43. The molecular formula is C11H18N2O2S. The first-order valence-corrected chi connectivity index (χ1v) is 7.02. The van der Waals surface area contributed by atoms with E-state index in [9.17, 15) is 8.42 Å². The van der Waals surface area contributed by atoms with Crippen LogP contribution in [0.1, 0.15) is 19.4 Å². The Balaban J connectivity index is 2.99. The standard InChI is InChI=1S/C11H18N2O2S/c1-8(2)12-10-6-5-9(3)11(7-10)13-16(4,14)15/h5-8,12-13H,1-4H3. The Morgan fingerprint density at radius 3 is 2.38 bits per heavy atom. The van der Waals surface area contributed by atoms with E-state index in [1.165, 1.54) is 0 Å². The first-order chi connectivity index (χ1) is 7.28. The van der Waals surface area contributed by atoms with E-state index in [4.69, 9.17) is 0 Å². The van der Waals surface area contributed by atoms with Crippen molar-refractivity contribution in [3.8, 4) is 0 Å². The maximum Gasteiger partial charge on any atom is 0.229 e. The van der Waals surface area contributed by atoms with Crippen molar-refractivity contribution >= 4 is 21.4 Å². The van der Waals surface area contributed by atoms with E-state index in [1.54, 1.807) is 6.07 Å². The van der Waals surface area contributed by atoms with Gasteiger partial charge in [-0.05, 0) is 38.5 Å². The van der Waals surface area contributed by atoms with Crippen LogP contribution < -0.4 is 10.0 Å². The molecule has 1 aromatic rings. The molecule has 0 bridgehead atoms. The van der Waals surface area contributed by atoms with Crippen molar-refractivity contribution in [2.45, 2.75) is 26.8 Å². The summed E-state index contributed by atoms with van der Waals surface area (Å²) in [7, 11) is -3.22. The van der Waals surface area contributed by atoms with Crippen LogP contribution in [0.4, 0.5) is 11.4 Å². The number of anilines is 2. The van der Waals surface area contributed by atoms with Crippen LogP contribution in [-0.2, 0) is 10.0 Å². The Kier molecular flexibility index (Phi) is 3.80. The number of sulfonamides is 1. The number of rotatable bonds is 4. The van der Waals surface area contributed by atoms with Gasteiger partial charge in [-0.2, -0.15) is 0 Å². The van der Waals surface area contributed by atoms with Crippen LogP contribution in [-0.4, -0.2) is 20.7 Å². The van der Waals surface area contributed by atoms with Gasteiger partial charge in [-0.25, -0.2) is 8.42 Å². The molecule has 0 spiro atoms. The molecule has 0 radical (unpaired) electrons. The first-order valence-electron chi connectivity index (χ1n) is 5.13. The SMILES string of the molecule is Cc1ccc(NC(C)C)cc1NS(C)(=O)=O. The van der Waals surface area contributed by atoms with E-state index in [2.05, 4.69) is 10.0 Å². The fourth-order valence-electron chi connectivity index (χ4n) is 1.35. The zero-order chi connectivity index (χ0) is 12.3.